The molecule has 0 unspecified atom stereocenters. The molecule has 25 heavy (non-hydrogen) atoms. The average Bonchev–Trinajstić information content (AvgIpc) is 3.31. The van der Waals surface area contributed by atoms with Crippen LogP contribution < -0.4 is 4.74 Å². The Labute approximate surface area is 147 Å². The standard InChI is InChI=1S/C18H23N5O2/c1-12(2)11-25-17-6-5-14(7-19-17)18(24)22-8-15(9-22)23-10-16(20-21-23)13-3-4-13/h5-7,10,12-13,15H,3-4,8-9,11H2,1-2H3. The van der Waals surface area contributed by atoms with Crippen LogP contribution in [0.2, 0.25) is 0 Å². The predicted octanol–water partition coefficient (Wildman–Crippen LogP) is 2.28. The number of nitrogens with zero attached hydrogens (tertiary/aromatic N) is 5. The van der Waals surface area contributed by atoms with E-state index in [1.165, 1.54) is 12.8 Å². The Hall–Kier alpha value is -2.44. The number of carbonyl (C=O) groups is 1. The van der Waals surface area contributed by atoms with Gasteiger partial charge in [0.05, 0.1) is 23.9 Å². The summed E-state index contributed by atoms with van der Waals surface area (Å²) in [5.74, 6) is 1.61. The molecule has 2 fully saturated rings. The molecular formula is C18H23N5O2. The summed E-state index contributed by atoms with van der Waals surface area (Å²) in [4.78, 5) is 18.5. The van der Waals surface area contributed by atoms with E-state index in [9.17, 15) is 4.79 Å². The highest BCUT2D eigenvalue weighted by Gasteiger charge is 2.34. The molecule has 0 bridgehead atoms. The maximum atomic E-state index is 12.5. The highest BCUT2D eigenvalue weighted by Crippen LogP contribution is 2.39. The molecular weight excluding hydrogens is 318 g/mol. The second-order valence-electron chi connectivity index (χ2n) is 7.35. The van der Waals surface area contributed by atoms with Gasteiger partial charge in [0.1, 0.15) is 0 Å². The number of pyridine rings is 1. The summed E-state index contributed by atoms with van der Waals surface area (Å²) in [7, 11) is 0. The van der Waals surface area contributed by atoms with Crippen molar-refractivity contribution in [1.29, 1.82) is 0 Å². The van der Waals surface area contributed by atoms with Gasteiger partial charge in [0, 0.05) is 37.5 Å². The van der Waals surface area contributed by atoms with Crippen molar-refractivity contribution in [3.8, 4) is 5.88 Å². The number of likely N-dealkylation sites (tertiary alicyclic amines) is 1. The smallest absolute Gasteiger partial charge is 0.255 e. The Morgan fingerprint density at radius 3 is 2.76 bits per heavy atom. The fourth-order valence-corrected chi connectivity index (χ4v) is 2.85. The highest BCUT2D eigenvalue weighted by molar-refractivity contribution is 5.94. The normalized spacial score (nSPS) is 17.6. The largest absolute Gasteiger partial charge is 0.477 e. The lowest BCUT2D eigenvalue weighted by atomic mass is 10.1. The first-order valence-corrected chi connectivity index (χ1v) is 8.90. The molecule has 0 radical (unpaired) electrons. The molecule has 3 heterocycles. The lowest BCUT2D eigenvalue weighted by molar-refractivity contribution is 0.0498. The van der Waals surface area contributed by atoms with Gasteiger partial charge < -0.3 is 9.64 Å². The molecule has 2 aliphatic rings. The summed E-state index contributed by atoms with van der Waals surface area (Å²) in [6.07, 6.45) is 6.06. The van der Waals surface area contributed by atoms with Crippen molar-refractivity contribution >= 4 is 5.91 Å². The first kappa shape index (κ1) is 16.1. The molecule has 1 saturated carbocycles. The van der Waals surface area contributed by atoms with E-state index in [-0.39, 0.29) is 11.9 Å². The van der Waals surface area contributed by atoms with Gasteiger partial charge in [0.15, 0.2) is 0 Å². The molecule has 1 saturated heterocycles. The number of carbonyl (C=O) groups excluding carboxylic acids is 1. The molecule has 0 spiro atoms. The first-order valence-electron chi connectivity index (χ1n) is 8.90. The molecule has 1 aliphatic carbocycles. The monoisotopic (exact) mass is 341 g/mol. The molecule has 2 aromatic rings. The van der Waals surface area contributed by atoms with Crippen molar-refractivity contribution in [3.63, 3.8) is 0 Å². The number of hydrogen-bond acceptors (Lipinski definition) is 5. The van der Waals surface area contributed by atoms with E-state index < -0.39 is 0 Å². The first-order chi connectivity index (χ1) is 12.1. The molecule has 7 heteroatoms. The van der Waals surface area contributed by atoms with Crippen LogP contribution in [0.15, 0.2) is 24.5 Å². The zero-order valence-corrected chi connectivity index (χ0v) is 14.6. The van der Waals surface area contributed by atoms with Gasteiger partial charge in [-0.25, -0.2) is 9.67 Å². The quantitative estimate of drug-likeness (QED) is 0.806. The number of ether oxygens (including phenoxy) is 1. The third kappa shape index (κ3) is 3.50. The highest BCUT2D eigenvalue weighted by atomic mass is 16.5. The molecule has 1 aliphatic heterocycles. The number of aromatic nitrogens is 4. The van der Waals surface area contributed by atoms with Gasteiger partial charge in [-0.3, -0.25) is 4.79 Å². The maximum Gasteiger partial charge on any atom is 0.255 e. The Morgan fingerprint density at radius 1 is 1.32 bits per heavy atom. The van der Waals surface area contributed by atoms with Gasteiger partial charge in [-0.1, -0.05) is 19.1 Å². The van der Waals surface area contributed by atoms with Crippen molar-refractivity contribution in [2.24, 2.45) is 5.92 Å². The lowest BCUT2D eigenvalue weighted by Gasteiger charge is -2.38. The Morgan fingerprint density at radius 2 is 2.12 bits per heavy atom. The van der Waals surface area contributed by atoms with Crippen LogP contribution in [0.4, 0.5) is 0 Å². The van der Waals surface area contributed by atoms with Crippen molar-refractivity contribution in [3.05, 3.63) is 35.8 Å². The molecule has 4 rings (SSSR count). The number of amides is 1. The fourth-order valence-electron chi connectivity index (χ4n) is 2.85. The van der Waals surface area contributed by atoms with Crippen molar-refractivity contribution in [2.45, 2.75) is 38.6 Å². The van der Waals surface area contributed by atoms with Crippen LogP contribution in [0.3, 0.4) is 0 Å². The summed E-state index contributed by atoms with van der Waals surface area (Å²) in [5, 5.41) is 8.45. The van der Waals surface area contributed by atoms with Crippen molar-refractivity contribution in [2.75, 3.05) is 19.7 Å². The molecule has 0 aromatic carbocycles. The van der Waals surface area contributed by atoms with E-state index in [4.69, 9.17) is 4.74 Å². The minimum Gasteiger partial charge on any atom is -0.477 e. The van der Waals surface area contributed by atoms with Crippen LogP contribution in [0.5, 0.6) is 5.88 Å². The Kier molecular flexibility index (Phi) is 4.15. The van der Waals surface area contributed by atoms with Gasteiger partial charge >= 0.3 is 0 Å². The number of rotatable bonds is 6. The van der Waals surface area contributed by atoms with E-state index >= 15 is 0 Å². The summed E-state index contributed by atoms with van der Waals surface area (Å²) in [6, 6.07) is 3.76. The molecule has 1 amide bonds. The van der Waals surface area contributed by atoms with Gasteiger partial charge in [-0.05, 0) is 24.8 Å². The summed E-state index contributed by atoms with van der Waals surface area (Å²) in [6.45, 7) is 6.12. The zero-order valence-electron chi connectivity index (χ0n) is 14.6. The number of hydrogen-bond donors (Lipinski definition) is 0. The molecule has 0 atom stereocenters. The topological polar surface area (TPSA) is 73.1 Å². The van der Waals surface area contributed by atoms with Crippen LogP contribution in [0.1, 0.15) is 54.7 Å². The summed E-state index contributed by atoms with van der Waals surface area (Å²) in [5.41, 5.74) is 1.68. The second-order valence-corrected chi connectivity index (χ2v) is 7.35. The third-order valence-electron chi connectivity index (χ3n) is 4.60. The second kappa shape index (κ2) is 6.46. The van der Waals surface area contributed by atoms with Gasteiger partial charge in [0.25, 0.3) is 5.91 Å². The van der Waals surface area contributed by atoms with E-state index in [0.717, 1.165) is 5.69 Å². The van der Waals surface area contributed by atoms with Crippen LogP contribution in [0, 0.1) is 5.92 Å². The molecule has 132 valence electrons. The summed E-state index contributed by atoms with van der Waals surface area (Å²) < 4.78 is 7.45. The van der Waals surface area contributed by atoms with Crippen LogP contribution >= 0.6 is 0 Å². The van der Waals surface area contributed by atoms with Gasteiger partial charge in [0.2, 0.25) is 5.88 Å². The maximum absolute atomic E-state index is 12.5. The minimum absolute atomic E-state index is 0.00157. The lowest BCUT2D eigenvalue weighted by Crippen LogP contribution is -2.50. The van der Waals surface area contributed by atoms with Crippen molar-refractivity contribution in [1.82, 2.24) is 24.9 Å². The Balaban J connectivity index is 1.31. The summed E-state index contributed by atoms with van der Waals surface area (Å²) >= 11 is 0. The Bertz CT molecular complexity index is 745. The molecule has 7 nitrogen and oxygen atoms in total. The van der Waals surface area contributed by atoms with E-state index in [1.54, 1.807) is 18.3 Å². The molecule has 0 N–H and O–H groups in total. The van der Waals surface area contributed by atoms with Crippen LogP contribution in [-0.4, -0.2) is 50.5 Å². The van der Waals surface area contributed by atoms with E-state index in [1.807, 2.05) is 15.8 Å². The predicted molar refractivity (Wildman–Crippen MR) is 91.5 cm³/mol. The van der Waals surface area contributed by atoms with Crippen LogP contribution in [-0.2, 0) is 0 Å². The minimum atomic E-state index is 0.00157. The van der Waals surface area contributed by atoms with Crippen molar-refractivity contribution < 1.29 is 9.53 Å². The van der Waals surface area contributed by atoms with E-state index in [2.05, 4.69) is 29.1 Å². The van der Waals surface area contributed by atoms with Gasteiger partial charge in [-0.2, -0.15) is 0 Å². The zero-order chi connectivity index (χ0) is 17.4. The van der Waals surface area contributed by atoms with E-state index in [0.29, 0.717) is 43.0 Å². The van der Waals surface area contributed by atoms with Crippen LogP contribution in [0.25, 0.3) is 0 Å². The fraction of sp³-hybridized carbons (Fsp3) is 0.556. The van der Waals surface area contributed by atoms with Gasteiger partial charge in [-0.15, -0.1) is 5.10 Å². The SMILES string of the molecule is CC(C)COc1ccc(C(=O)N2CC(n3cc(C4CC4)nn3)C2)cn1. The average molecular weight is 341 g/mol. The third-order valence-corrected chi connectivity index (χ3v) is 4.60. The molecule has 2 aromatic heterocycles.